The molecule has 2 aromatic rings. The Labute approximate surface area is 128 Å². The zero-order valence-electron chi connectivity index (χ0n) is 12.5. The van der Waals surface area contributed by atoms with Gasteiger partial charge in [0.15, 0.2) is 0 Å². The average Bonchev–Trinajstić information content (AvgIpc) is 3.08. The van der Waals surface area contributed by atoms with E-state index >= 15 is 0 Å². The highest BCUT2D eigenvalue weighted by Crippen LogP contribution is 2.37. The number of hydrogen-bond donors (Lipinski definition) is 1. The first-order chi connectivity index (χ1) is 10.2. The van der Waals surface area contributed by atoms with Crippen LogP contribution in [0.3, 0.4) is 0 Å². The second kappa shape index (κ2) is 6.15. The predicted molar refractivity (Wildman–Crippen MR) is 83.1 cm³/mol. The van der Waals surface area contributed by atoms with Gasteiger partial charge < -0.3 is 15.0 Å². The number of thiophene rings is 1. The Bertz CT molecular complexity index is 602. The average molecular weight is 307 g/mol. The molecule has 0 aromatic carbocycles. The van der Waals surface area contributed by atoms with E-state index in [1.165, 1.54) is 43.4 Å². The summed E-state index contributed by atoms with van der Waals surface area (Å²) in [6.07, 6.45) is 6.08. The molecule has 1 atom stereocenters. The Balaban J connectivity index is 1.84. The van der Waals surface area contributed by atoms with Gasteiger partial charge in [-0.15, -0.1) is 11.3 Å². The number of hydrogen-bond acceptors (Lipinski definition) is 6. The molecular formula is C15H21N3O2S. The van der Waals surface area contributed by atoms with Gasteiger partial charge in [0.05, 0.1) is 10.6 Å². The van der Waals surface area contributed by atoms with Crippen LogP contribution in [0.4, 0.5) is 5.00 Å². The molecule has 5 nitrogen and oxygen atoms in total. The number of nitrogen functional groups attached to an aromatic ring is 1. The van der Waals surface area contributed by atoms with E-state index in [4.69, 9.17) is 15.0 Å². The fourth-order valence-corrected chi connectivity index (χ4v) is 3.88. The monoisotopic (exact) mass is 307 g/mol. The Morgan fingerprint density at radius 3 is 2.76 bits per heavy atom. The highest BCUT2D eigenvalue weighted by Gasteiger charge is 2.29. The molecule has 0 bridgehead atoms. The summed E-state index contributed by atoms with van der Waals surface area (Å²) in [4.78, 5) is 5.66. The molecule has 1 fully saturated rings. The molecule has 3 rings (SSSR count). The Morgan fingerprint density at radius 1 is 1.38 bits per heavy atom. The SMILES string of the molecule is COC(c1noc(-c2cc(C)sc2N)n1)C1CCCCC1. The third-order valence-electron chi connectivity index (χ3n) is 4.14. The molecule has 0 radical (unpaired) electrons. The molecule has 2 N–H and O–H groups in total. The van der Waals surface area contributed by atoms with Gasteiger partial charge in [0, 0.05) is 12.0 Å². The van der Waals surface area contributed by atoms with Gasteiger partial charge >= 0.3 is 0 Å². The van der Waals surface area contributed by atoms with E-state index < -0.39 is 0 Å². The normalized spacial score (nSPS) is 18.0. The molecule has 0 aliphatic heterocycles. The van der Waals surface area contributed by atoms with E-state index in [2.05, 4.69) is 10.1 Å². The molecule has 0 spiro atoms. The number of aromatic nitrogens is 2. The van der Waals surface area contributed by atoms with Gasteiger partial charge in [-0.2, -0.15) is 4.98 Å². The molecular weight excluding hydrogens is 286 g/mol. The molecule has 0 amide bonds. The van der Waals surface area contributed by atoms with Crippen LogP contribution in [0.1, 0.15) is 48.9 Å². The van der Waals surface area contributed by atoms with Crippen LogP contribution in [0.25, 0.3) is 11.5 Å². The standard InChI is InChI=1S/C15H21N3O2S/c1-9-8-11(13(16)21-9)15-17-14(18-20-15)12(19-2)10-6-4-3-5-7-10/h8,10,12H,3-7,16H2,1-2H3. The number of rotatable bonds is 4. The highest BCUT2D eigenvalue weighted by molar-refractivity contribution is 7.16. The largest absolute Gasteiger partial charge is 0.390 e. The molecule has 1 aliphatic rings. The summed E-state index contributed by atoms with van der Waals surface area (Å²) >= 11 is 1.53. The number of nitrogens with two attached hydrogens (primary N) is 1. The molecule has 2 aromatic heterocycles. The van der Waals surface area contributed by atoms with E-state index in [1.807, 2.05) is 13.0 Å². The van der Waals surface area contributed by atoms with Crippen molar-refractivity contribution in [2.45, 2.75) is 45.1 Å². The number of methoxy groups -OCH3 is 1. The molecule has 1 aliphatic carbocycles. The van der Waals surface area contributed by atoms with Crippen LogP contribution < -0.4 is 5.73 Å². The van der Waals surface area contributed by atoms with Gasteiger partial charge in [0.2, 0.25) is 5.82 Å². The smallest absolute Gasteiger partial charge is 0.261 e. The van der Waals surface area contributed by atoms with Gasteiger partial charge in [-0.3, -0.25) is 0 Å². The lowest BCUT2D eigenvalue weighted by atomic mass is 9.85. The van der Waals surface area contributed by atoms with Crippen molar-refractivity contribution in [3.05, 3.63) is 16.8 Å². The first-order valence-corrected chi connectivity index (χ1v) is 8.23. The molecule has 0 saturated heterocycles. The molecule has 1 saturated carbocycles. The first kappa shape index (κ1) is 14.5. The minimum absolute atomic E-state index is 0.0799. The summed E-state index contributed by atoms with van der Waals surface area (Å²) in [5.41, 5.74) is 6.82. The van der Waals surface area contributed by atoms with Crippen LogP contribution in [-0.4, -0.2) is 17.3 Å². The number of anilines is 1. The number of aryl methyl sites for hydroxylation is 1. The zero-order valence-corrected chi connectivity index (χ0v) is 13.3. The lowest BCUT2D eigenvalue weighted by Gasteiger charge is -2.26. The fraction of sp³-hybridized carbons (Fsp3) is 0.600. The second-order valence-electron chi connectivity index (χ2n) is 5.65. The van der Waals surface area contributed by atoms with Gasteiger partial charge in [-0.1, -0.05) is 24.4 Å². The third-order valence-corrected chi connectivity index (χ3v) is 5.02. The van der Waals surface area contributed by atoms with Crippen LogP contribution in [0, 0.1) is 12.8 Å². The quantitative estimate of drug-likeness (QED) is 0.925. The molecule has 21 heavy (non-hydrogen) atoms. The van der Waals surface area contributed by atoms with Crippen LogP contribution in [-0.2, 0) is 4.74 Å². The summed E-state index contributed by atoms with van der Waals surface area (Å²) in [5, 5.41) is 4.84. The minimum atomic E-state index is -0.0799. The second-order valence-corrected chi connectivity index (χ2v) is 6.93. The minimum Gasteiger partial charge on any atom is -0.390 e. The lowest BCUT2D eigenvalue weighted by Crippen LogP contribution is -2.19. The van der Waals surface area contributed by atoms with Crippen molar-refractivity contribution in [3.63, 3.8) is 0 Å². The van der Waals surface area contributed by atoms with E-state index in [0.29, 0.717) is 22.6 Å². The van der Waals surface area contributed by atoms with Gasteiger partial charge in [0.25, 0.3) is 5.89 Å². The summed E-state index contributed by atoms with van der Waals surface area (Å²) in [5.74, 6) is 1.61. The molecule has 114 valence electrons. The third kappa shape index (κ3) is 2.96. The van der Waals surface area contributed by atoms with E-state index in [0.717, 1.165) is 10.4 Å². The van der Waals surface area contributed by atoms with Gasteiger partial charge in [0.1, 0.15) is 6.10 Å². The maximum absolute atomic E-state index is 5.99. The van der Waals surface area contributed by atoms with Crippen molar-refractivity contribution in [1.29, 1.82) is 0 Å². The van der Waals surface area contributed by atoms with Crippen molar-refractivity contribution in [2.24, 2.45) is 5.92 Å². The topological polar surface area (TPSA) is 74.2 Å². The van der Waals surface area contributed by atoms with Crippen molar-refractivity contribution < 1.29 is 9.26 Å². The Hall–Kier alpha value is -1.40. The van der Waals surface area contributed by atoms with Crippen molar-refractivity contribution in [3.8, 4) is 11.5 Å². The Kier molecular flexibility index (Phi) is 4.26. The summed E-state index contributed by atoms with van der Waals surface area (Å²) in [6, 6.07) is 1.99. The predicted octanol–water partition coefficient (Wildman–Crippen LogP) is 3.96. The summed E-state index contributed by atoms with van der Waals surface area (Å²) < 4.78 is 11.1. The van der Waals surface area contributed by atoms with Crippen LogP contribution in [0.15, 0.2) is 10.6 Å². The number of ether oxygens (including phenoxy) is 1. The molecule has 6 heteroatoms. The summed E-state index contributed by atoms with van der Waals surface area (Å²) in [7, 11) is 1.72. The van der Waals surface area contributed by atoms with E-state index in [-0.39, 0.29) is 6.10 Å². The van der Waals surface area contributed by atoms with E-state index in [1.54, 1.807) is 7.11 Å². The maximum atomic E-state index is 5.99. The van der Waals surface area contributed by atoms with Crippen LogP contribution >= 0.6 is 11.3 Å². The van der Waals surface area contributed by atoms with E-state index in [9.17, 15) is 0 Å². The van der Waals surface area contributed by atoms with Crippen molar-refractivity contribution in [2.75, 3.05) is 12.8 Å². The van der Waals surface area contributed by atoms with Gasteiger partial charge in [-0.05, 0) is 31.7 Å². The molecule has 2 heterocycles. The highest BCUT2D eigenvalue weighted by atomic mass is 32.1. The zero-order chi connectivity index (χ0) is 14.8. The molecule has 1 unspecified atom stereocenters. The van der Waals surface area contributed by atoms with Crippen molar-refractivity contribution >= 4 is 16.3 Å². The first-order valence-electron chi connectivity index (χ1n) is 7.41. The van der Waals surface area contributed by atoms with Crippen LogP contribution in [0.5, 0.6) is 0 Å². The Morgan fingerprint density at radius 2 is 2.14 bits per heavy atom. The van der Waals surface area contributed by atoms with Crippen molar-refractivity contribution in [1.82, 2.24) is 10.1 Å². The lowest BCUT2D eigenvalue weighted by molar-refractivity contribution is 0.0274. The fourth-order valence-electron chi connectivity index (χ4n) is 3.10. The van der Waals surface area contributed by atoms with Crippen LogP contribution in [0.2, 0.25) is 0 Å². The number of nitrogens with zero attached hydrogens (tertiary/aromatic N) is 2. The maximum Gasteiger partial charge on any atom is 0.261 e. The summed E-state index contributed by atoms with van der Waals surface area (Å²) in [6.45, 7) is 2.02. The van der Waals surface area contributed by atoms with Gasteiger partial charge in [-0.25, -0.2) is 0 Å².